The molecule has 2 heterocycles. The zero-order chi connectivity index (χ0) is 17.6. The predicted octanol–water partition coefficient (Wildman–Crippen LogP) is 2.93. The molecule has 0 aromatic carbocycles. The monoisotopic (exact) mass is 332 g/mol. The van der Waals surface area contributed by atoms with E-state index in [9.17, 15) is 4.79 Å². The van der Waals surface area contributed by atoms with E-state index in [0.717, 1.165) is 30.9 Å². The summed E-state index contributed by atoms with van der Waals surface area (Å²) in [5.74, 6) is 1.27. The summed E-state index contributed by atoms with van der Waals surface area (Å²) in [5, 5.41) is 4.79. The van der Waals surface area contributed by atoms with Gasteiger partial charge in [-0.05, 0) is 59.7 Å². The molecule has 1 aliphatic carbocycles. The van der Waals surface area contributed by atoms with Crippen molar-refractivity contribution in [2.45, 2.75) is 64.5 Å². The van der Waals surface area contributed by atoms with Gasteiger partial charge in [-0.15, -0.1) is 0 Å². The van der Waals surface area contributed by atoms with E-state index < -0.39 is 0 Å². The van der Waals surface area contributed by atoms with Gasteiger partial charge in [-0.25, -0.2) is 0 Å². The minimum absolute atomic E-state index is 0.145. The fraction of sp³-hybridized carbons (Fsp3) is 0.789. The summed E-state index contributed by atoms with van der Waals surface area (Å²) in [6.45, 7) is 10.3. The van der Waals surface area contributed by atoms with Gasteiger partial charge in [-0.2, -0.15) is 5.10 Å². The van der Waals surface area contributed by atoms with Crippen LogP contribution in [-0.2, 0) is 5.54 Å². The summed E-state index contributed by atoms with van der Waals surface area (Å²) in [6, 6.07) is 2.50. The van der Waals surface area contributed by atoms with Crippen molar-refractivity contribution in [3.05, 3.63) is 17.5 Å². The SMILES string of the molecule is CC[C@@H]1CN(C(=O)c2cc(C3CC3)nn2C(C)(C)C)C[C@H]1N(C)C. The van der Waals surface area contributed by atoms with Gasteiger partial charge in [0.15, 0.2) is 0 Å². The Kier molecular flexibility index (Phi) is 4.49. The second-order valence-corrected chi connectivity index (χ2v) is 8.72. The number of carbonyl (C=O) groups excluding carboxylic acids is 1. The third-order valence-electron chi connectivity index (χ3n) is 5.46. The lowest BCUT2D eigenvalue weighted by Gasteiger charge is -2.25. The van der Waals surface area contributed by atoms with Crippen molar-refractivity contribution >= 4 is 5.91 Å². The Bertz CT molecular complexity index is 609. The number of aromatic nitrogens is 2. The smallest absolute Gasteiger partial charge is 0.272 e. The standard InChI is InChI=1S/C19H32N4O/c1-7-13-11-22(12-17(13)21(5)6)18(24)16-10-15(14-8-9-14)20-23(16)19(2,3)4/h10,13-14,17H,7-9,11-12H2,1-6H3/t13-,17-/m1/s1. The number of hydrogen-bond donors (Lipinski definition) is 0. The second kappa shape index (κ2) is 6.17. The van der Waals surface area contributed by atoms with Crippen LogP contribution in [0.2, 0.25) is 0 Å². The molecule has 134 valence electrons. The maximum Gasteiger partial charge on any atom is 0.272 e. The molecule has 2 atom stereocenters. The first-order chi connectivity index (χ1) is 11.2. The van der Waals surface area contributed by atoms with E-state index in [2.05, 4.69) is 52.8 Å². The van der Waals surface area contributed by atoms with Crippen molar-refractivity contribution in [3.8, 4) is 0 Å². The number of likely N-dealkylation sites (N-methyl/N-ethyl adjacent to an activating group) is 1. The molecular weight excluding hydrogens is 300 g/mol. The van der Waals surface area contributed by atoms with Crippen LogP contribution in [0.3, 0.4) is 0 Å². The molecule has 1 saturated carbocycles. The minimum Gasteiger partial charge on any atom is -0.335 e. The number of nitrogens with zero attached hydrogens (tertiary/aromatic N) is 4. The maximum absolute atomic E-state index is 13.2. The first-order valence-electron chi connectivity index (χ1n) is 9.28. The molecule has 5 nitrogen and oxygen atoms in total. The van der Waals surface area contributed by atoms with Crippen LogP contribution in [0.1, 0.15) is 69.1 Å². The van der Waals surface area contributed by atoms with Gasteiger partial charge < -0.3 is 9.80 Å². The Morgan fingerprint density at radius 2 is 1.96 bits per heavy atom. The Hall–Kier alpha value is -1.36. The molecule has 0 bridgehead atoms. The number of hydrogen-bond acceptors (Lipinski definition) is 3. The number of amides is 1. The summed E-state index contributed by atoms with van der Waals surface area (Å²) in [5.41, 5.74) is 1.69. The topological polar surface area (TPSA) is 41.4 Å². The Balaban J connectivity index is 1.87. The van der Waals surface area contributed by atoms with Gasteiger partial charge in [-0.3, -0.25) is 9.48 Å². The molecule has 24 heavy (non-hydrogen) atoms. The predicted molar refractivity (Wildman–Crippen MR) is 96.4 cm³/mol. The van der Waals surface area contributed by atoms with Crippen molar-refractivity contribution in [1.29, 1.82) is 0 Å². The first-order valence-corrected chi connectivity index (χ1v) is 9.28. The summed E-state index contributed by atoms with van der Waals surface area (Å²) in [4.78, 5) is 17.5. The third-order valence-corrected chi connectivity index (χ3v) is 5.46. The van der Waals surface area contributed by atoms with Gasteiger partial charge in [0.1, 0.15) is 5.69 Å². The molecule has 0 spiro atoms. The fourth-order valence-electron chi connectivity index (χ4n) is 3.81. The van der Waals surface area contributed by atoms with Crippen LogP contribution < -0.4 is 0 Å². The molecule has 0 radical (unpaired) electrons. The van der Waals surface area contributed by atoms with Crippen LogP contribution >= 0.6 is 0 Å². The van der Waals surface area contributed by atoms with Crippen LogP contribution in [0.15, 0.2) is 6.07 Å². The van der Waals surface area contributed by atoms with E-state index in [1.165, 1.54) is 12.8 Å². The lowest BCUT2D eigenvalue weighted by Crippen LogP contribution is -2.37. The molecule has 5 heteroatoms. The van der Waals surface area contributed by atoms with Crippen molar-refractivity contribution in [2.75, 3.05) is 27.2 Å². The molecular formula is C19H32N4O. The van der Waals surface area contributed by atoms with Crippen LogP contribution in [0.25, 0.3) is 0 Å². The van der Waals surface area contributed by atoms with Gasteiger partial charge in [0.25, 0.3) is 5.91 Å². The number of carbonyl (C=O) groups is 1. The van der Waals surface area contributed by atoms with Crippen LogP contribution in [0, 0.1) is 5.92 Å². The fourth-order valence-corrected chi connectivity index (χ4v) is 3.81. The lowest BCUT2D eigenvalue weighted by molar-refractivity contribution is 0.0760. The highest BCUT2D eigenvalue weighted by Crippen LogP contribution is 2.40. The molecule has 2 aliphatic rings. The summed E-state index contributed by atoms with van der Waals surface area (Å²) >= 11 is 0. The van der Waals surface area contributed by atoms with Crippen LogP contribution in [0.5, 0.6) is 0 Å². The van der Waals surface area contributed by atoms with Gasteiger partial charge in [0.2, 0.25) is 0 Å². The molecule has 2 fully saturated rings. The van der Waals surface area contributed by atoms with E-state index in [-0.39, 0.29) is 11.4 Å². The lowest BCUT2D eigenvalue weighted by atomic mass is 10.0. The highest BCUT2D eigenvalue weighted by atomic mass is 16.2. The van der Waals surface area contributed by atoms with Crippen LogP contribution in [0.4, 0.5) is 0 Å². The second-order valence-electron chi connectivity index (χ2n) is 8.72. The normalized spacial score (nSPS) is 24.9. The summed E-state index contributed by atoms with van der Waals surface area (Å²) in [7, 11) is 4.23. The van der Waals surface area contributed by atoms with Crippen molar-refractivity contribution < 1.29 is 4.79 Å². The zero-order valence-electron chi connectivity index (χ0n) is 16.0. The molecule has 1 amide bonds. The van der Waals surface area contributed by atoms with E-state index in [0.29, 0.717) is 17.9 Å². The van der Waals surface area contributed by atoms with Crippen LogP contribution in [-0.4, -0.2) is 58.7 Å². The Morgan fingerprint density at radius 3 is 2.42 bits per heavy atom. The average molecular weight is 332 g/mol. The van der Waals surface area contributed by atoms with E-state index in [1.54, 1.807) is 0 Å². The highest BCUT2D eigenvalue weighted by Gasteiger charge is 2.38. The van der Waals surface area contributed by atoms with Gasteiger partial charge in [0, 0.05) is 25.0 Å². The molecule has 0 unspecified atom stereocenters. The van der Waals surface area contributed by atoms with E-state index >= 15 is 0 Å². The molecule has 1 aromatic heterocycles. The van der Waals surface area contributed by atoms with Gasteiger partial charge in [-0.1, -0.05) is 13.3 Å². The molecule has 3 rings (SSSR count). The van der Waals surface area contributed by atoms with Crippen molar-refractivity contribution in [2.24, 2.45) is 5.92 Å². The largest absolute Gasteiger partial charge is 0.335 e. The van der Waals surface area contributed by atoms with Gasteiger partial charge in [0.05, 0.1) is 11.2 Å². The summed E-state index contributed by atoms with van der Waals surface area (Å²) in [6.07, 6.45) is 3.52. The van der Waals surface area contributed by atoms with Crippen molar-refractivity contribution in [3.63, 3.8) is 0 Å². The van der Waals surface area contributed by atoms with E-state index in [1.807, 2.05) is 9.58 Å². The molecule has 0 N–H and O–H groups in total. The van der Waals surface area contributed by atoms with E-state index in [4.69, 9.17) is 5.10 Å². The average Bonchev–Trinajstić information content (AvgIpc) is 3.10. The quantitative estimate of drug-likeness (QED) is 0.851. The first kappa shape index (κ1) is 17.5. The highest BCUT2D eigenvalue weighted by molar-refractivity contribution is 5.93. The zero-order valence-corrected chi connectivity index (χ0v) is 16.0. The molecule has 1 saturated heterocycles. The third kappa shape index (κ3) is 3.23. The minimum atomic E-state index is -0.178. The Morgan fingerprint density at radius 1 is 1.29 bits per heavy atom. The number of likely N-dealkylation sites (tertiary alicyclic amines) is 1. The molecule has 1 aliphatic heterocycles. The summed E-state index contributed by atoms with van der Waals surface area (Å²) < 4.78 is 1.95. The van der Waals surface area contributed by atoms with Crippen molar-refractivity contribution in [1.82, 2.24) is 19.6 Å². The Labute approximate surface area is 146 Å². The van der Waals surface area contributed by atoms with Gasteiger partial charge >= 0.3 is 0 Å². The maximum atomic E-state index is 13.2. The molecule has 1 aromatic rings. The number of rotatable bonds is 4.